The van der Waals surface area contributed by atoms with Gasteiger partial charge in [-0.1, -0.05) is 26.3 Å². The van der Waals surface area contributed by atoms with Crippen molar-refractivity contribution in [2.24, 2.45) is 0 Å². The largest absolute Gasteiger partial charge is 0.386 e. The minimum Gasteiger partial charge on any atom is -0.386 e. The Balaban J connectivity index is 0. The molecular weight excluding hydrogens is 400 g/mol. The molecule has 0 saturated heterocycles. The molecular formula is C12H12O12S2. The fourth-order valence-electron chi connectivity index (χ4n) is 0.591. The zero-order valence-electron chi connectivity index (χ0n) is 12.8. The standard InChI is InChI=1S/2C6H6O6S/c2*1-3-5(7)12-6(8)4(2)13(9,10)11/h2*3H,1-2H2,(H,9,10,11). The maximum absolute atomic E-state index is 10.6. The van der Waals surface area contributed by atoms with Crippen molar-refractivity contribution in [1.82, 2.24) is 0 Å². The van der Waals surface area contributed by atoms with Crippen LogP contribution in [0.4, 0.5) is 0 Å². The summed E-state index contributed by atoms with van der Waals surface area (Å²) >= 11 is 0. The molecule has 0 unspecified atom stereocenters. The number of ether oxygens (including phenoxy) is 2. The minimum absolute atomic E-state index is 0.662. The highest BCUT2D eigenvalue weighted by Gasteiger charge is 2.23. The number of carbonyl (C=O) groups is 4. The summed E-state index contributed by atoms with van der Waals surface area (Å²) in [6.45, 7) is 11.4. The average Bonchev–Trinajstić information content (AvgIpc) is 2.51. The van der Waals surface area contributed by atoms with E-state index in [0.29, 0.717) is 12.2 Å². The van der Waals surface area contributed by atoms with Gasteiger partial charge >= 0.3 is 44.1 Å². The lowest BCUT2D eigenvalue weighted by Crippen LogP contribution is -2.17. The monoisotopic (exact) mass is 412 g/mol. The molecule has 12 nitrogen and oxygen atoms in total. The van der Waals surface area contributed by atoms with Crippen molar-refractivity contribution in [3.05, 3.63) is 48.3 Å². The maximum atomic E-state index is 10.6. The van der Waals surface area contributed by atoms with E-state index in [4.69, 9.17) is 9.11 Å². The van der Waals surface area contributed by atoms with Gasteiger partial charge in [0, 0.05) is 12.2 Å². The van der Waals surface area contributed by atoms with Crippen molar-refractivity contribution in [3.63, 3.8) is 0 Å². The molecule has 0 rings (SSSR count). The number of carbonyl (C=O) groups excluding carboxylic acids is 4. The first-order chi connectivity index (χ1) is 11.6. The molecule has 14 heteroatoms. The highest BCUT2D eigenvalue weighted by atomic mass is 32.2. The molecule has 0 atom stereocenters. The molecule has 0 spiro atoms. The van der Waals surface area contributed by atoms with Crippen LogP contribution in [0.25, 0.3) is 0 Å². The number of esters is 4. The number of hydrogen-bond acceptors (Lipinski definition) is 10. The summed E-state index contributed by atoms with van der Waals surface area (Å²) < 4.78 is 65.3. The first-order valence-corrected chi connectivity index (χ1v) is 8.55. The average molecular weight is 412 g/mol. The Morgan fingerprint density at radius 1 is 0.692 bits per heavy atom. The third-order valence-corrected chi connectivity index (χ3v) is 3.38. The Hall–Kier alpha value is -2.94. The van der Waals surface area contributed by atoms with Crippen LogP contribution >= 0.6 is 0 Å². The molecule has 0 radical (unpaired) electrons. The second kappa shape index (κ2) is 10.1. The Bertz CT molecular complexity index is 799. The molecule has 0 aliphatic rings. The maximum Gasteiger partial charge on any atom is 0.359 e. The van der Waals surface area contributed by atoms with Gasteiger partial charge in [-0.2, -0.15) is 16.8 Å². The van der Waals surface area contributed by atoms with E-state index in [9.17, 15) is 36.0 Å². The van der Waals surface area contributed by atoms with Gasteiger partial charge in [0.25, 0.3) is 0 Å². The Morgan fingerprint density at radius 3 is 1.08 bits per heavy atom. The molecule has 0 aliphatic heterocycles. The van der Waals surface area contributed by atoms with E-state index in [-0.39, 0.29) is 0 Å². The SMILES string of the molecule is C=CC(=O)OC(=O)C(=C)S(=O)(=O)O.C=CC(=O)OC(=O)C(=C)S(=O)(=O)O. The zero-order chi connectivity index (χ0) is 21.3. The van der Waals surface area contributed by atoms with Crippen molar-refractivity contribution in [1.29, 1.82) is 0 Å². The van der Waals surface area contributed by atoms with Crippen molar-refractivity contribution >= 4 is 44.1 Å². The van der Waals surface area contributed by atoms with E-state index in [1.165, 1.54) is 0 Å². The summed E-state index contributed by atoms with van der Waals surface area (Å²) in [5.41, 5.74) is 0. The smallest absolute Gasteiger partial charge is 0.359 e. The van der Waals surface area contributed by atoms with Gasteiger partial charge in [0.1, 0.15) is 0 Å². The molecule has 0 heterocycles. The van der Waals surface area contributed by atoms with Crippen LogP contribution in [0.15, 0.2) is 48.3 Å². The van der Waals surface area contributed by atoms with Crippen molar-refractivity contribution in [3.8, 4) is 0 Å². The fourth-order valence-corrected chi connectivity index (χ4v) is 1.10. The predicted molar refractivity (Wildman–Crippen MR) is 84.0 cm³/mol. The summed E-state index contributed by atoms with van der Waals surface area (Å²) in [4.78, 5) is 39.6. The molecule has 0 aromatic heterocycles. The molecule has 0 aromatic rings. The second-order valence-corrected chi connectivity index (χ2v) is 6.51. The molecule has 0 saturated carbocycles. The lowest BCUT2D eigenvalue weighted by molar-refractivity contribution is -0.154. The highest BCUT2D eigenvalue weighted by Crippen LogP contribution is 2.04. The van der Waals surface area contributed by atoms with Gasteiger partial charge in [0.05, 0.1) is 0 Å². The van der Waals surface area contributed by atoms with Crippen LogP contribution < -0.4 is 0 Å². The van der Waals surface area contributed by atoms with Crippen molar-refractivity contribution in [2.45, 2.75) is 0 Å². The third-order valence-electron chi connectivity index (χ3n) is 1.80. The normalized spacial score (nSPS) is 10.2. The Morgan fingerprint density at radius 2 is 0.923 bits per heavy atom. The van der Waals surface area contributed by atoms with Crippen LogP contribution in [0, 0.1) is 0 Å². The van der Waals surface area contributed by atoms with E-state index in [1.807, 2.05) is 0 Å². The van der Waals surface area contributed by atoms with E-state index >= 15 is 0 Å². The van der Waals surface area contributed by atoms with Gasteiger partial charge in [-0.3, -0.25) is 9.11 Å². The minimum atomic E-state index is -4.71. The fraction of sp³-hybridized carbons (Fsp3) is 0. The Labute approximate surface area is 147 Å². The van der Waals surface area contributed by atoms with Gasteiger partial charge in [-0.25, -0.2) is 19.2 Å². The summed E-state index contributed by atoms with van der Waals surface area (Å²) in [5, 5.41) is 0. The van der Waals surface area contributed by atoms with Gasteiger partial charge < -0.3 is 9.47 Å². The summed E-state index contributed by atoms with van der Waals surface area (Å²) in [5.74, 6) is -5.33. The van der Waals surface area contributed by atoms with E-state index in [2.05, 4.69) is 35.8 Å². The first kappa shape index (κ1) is 25.3. The quantitative estimate of drug-likeness (QED) is 0.241. The molecule has 2 N–H and O–H groups in total. The molecule has 0 amide bonds. The molecule has 0 bridgehead atoms. The molecule has 26 heavy (non-hydrogen) atoms. The number of rotatable bonds is 6. The van der Waals surface area contributed by atoms with Gasteiger partial charge in [0.2, 0.25) is 0 Å². The molecule has 144 valence electrons. The van der Waals surface area contributed by atoms with Gasteiger partial charge in [-0.05, 0) is 0 Å². The van der Waals surface area contributed by atoms with Crippen molar-refractivity contribution in [2.75, 3.05) is 0 Å². The van der Waals surface area contributed by atoms with Crippen LogP contribution in [-0.4, -0.2) is 49.8 Å². The number of hydrogen-bond donors (Lipinski definition) is 2. The lowest BCUT2D eigenvalue weighted by atomic mass is 10.6. The zero-order valence-corrected chi connectivity index (χ0v) is 14.4. The van der Waals surface area contributed by atoms with Crippen LogP contribution in [0.5, 0.6) is 0 Å². The van der Waals surface area contributed by atoms with E-state index in [0.717, 1.165) is 0 Å². The van der Waals surface area contributed by atoms with Gasteiger partial charge in [-0.15, -0.1) is 0 Å². The van der Waals surface area contributed by atoms with Crippen LogP contribution in [0.3, 0.4) is 0 Å². The summed E-state index contributed by atoms with van der Waals surface area (Å²) in [6, 6.07) is 0. The van der Waals surface area contributed by atoms with E-state index < -0.39 is 53.9 Å². The second-order valence-electron chi connectivity index (χ2n) is 3.62. The van der Waals surface area contributed by atoms with Gasteiger partial charge in [0.15, 0.2) is 9.81 Å². The predicted octanol–water partition coefficient (Wildman–Crippen LogP) is -0.713. The summed E-state index contributed by atoms with van der Waals surface area (Å²) in [7, 11) is -9.42. The summed E-state index contributed by atoms with van der Waals surface area (Å²) in [6.07, 6.45) is 1.32. The van der Waals surface area contributed by atoms with Crippen molar-refractivity contribution < 1.29 is 54.6 Å². The van der Waals surface area contributed by atoms with E-state index in [1.54, 1.807) is 0 Å². The van der Waals surface area contributed by atoms with Crippen LogP contribution in [0.1, 0.15) is 0 Å². The molecule has 0 aromatic carbocycles. The molecule has 0 aliphatic carbocycles. The van der Waals surface area contributed by atoms with Crippen LogP contribution in [0.2, 0.25) is 0 Å². The highest BCUT2D eigenvalue weighted by molar-refractivity contribution is 7.91. The third kappa shape index (κ3) is 10.0. The first-order valence-electron chi connectivity index (χ1n) is 5.67. The lowest BCUT2D eigenvalue weighted by Gasteiger charge is -1.99. The molecule has 0 fully saturated rings. The Kier molecular flexibility index (Phi) is 9.87. The topological polar surface area (TPSA) is 195 Å². The van der Waals surface area contributed by atoms with Crippen LogP contribution in [-0.2, 0) is 48.9 Å².